The van der Waals surface area contributed by atoms with Crippen molar-refractivity contribution in [1.29, 1.82) is 0 Å². The van der Waals surface area contributed by atoms with Gasteiger partial charge < -0.3 is 14.8 Å². The summed E-state index contributed by atoms with van der Waals surface area (Å²) in [5, 5.41) is 9.63. The Kier molecular flexibility index (Phi) is 8.79. The first-order valence-corrected chi connectivity index (χ1v) is 14.6. The Balaban J connectivity index is 1.50. The van der Waals surface area contributed by atoms with Gasteiger partial charge in [-0.3, -0.25) is 9.67 Å². The topological polar surface area (TPSA) is 108 Å². The average Bonchev–Trinajstić information content (AvgIpc) is 3.69. The smallest absolute Gasteiger partial charge is 0.341 e. The Hall–Kier alpha value is -3.64. The number of ether oxygens (including phenoxy) is 2. The van der Waals surface area contributed by atoms with Crippen LogP contribution in [0.1, 0.15) is 72.5 Å². The van der Waals surface area contributed by atoms with E-state index in [2.05, 4.69) is 15.4 Å². The Morgan fingerprint density at radius 3 is 2.54 bits per heavy atom. The fourth-order valence-electron chi connectivity index (χ4n) is 5.23. The number of esters is 2. The number of amidine groups is 1. The van der Waals surface area contributed by atoms with Gasteiger partial charge in [-0.05, 0) is 51.5 Å². The summed E-state index contributed by atoms with van der Waals surface area (Å²) >= 11 is 7.63. The van der Waals surface area contributed by atoms with E-state index in [0.29, 0.717) is 34.9 Å². The molecule has 0 bridgehead atoms. The summed E-state index contributed by atoms with van der Waals surface area (Å²) in [6, 6.07) is 1.32. The van der Waals surface area contributed by atoms with E-state index in [0.717, 1.165) is 18.9 Å². The highest BCUT2D eigenvalue weighted by atomic mass is 35.5. The third-order valence-electron chi connectivity index (χ3n) is 7.16. The zero-order valence-corrected chi connectivity index (χ0v) is 24.0. The standard InChI is InChI=1S/C28H28ClF2N5O4S/c1-3-39-27(37)16-13-33-36(14-16)17-7-5-15(6-8-17)23-20(28(38)40-4-2)24(18-9-10-19(30)22(31)21(18)29)35-25(34-23)26-32-11-12-41-26/h9-15,17,24H,3-8H2,1-2H3,(H,34,35). The number of carbonyl (C=O) groups is 2. The van der Waals surface area contributed by atoms with E-state index in [1.54, 1.807) is 36.3 Å². The Labute approximate surface area is 244 Å². The number of aliphatic imine (C=N–C) groups is 1. The molecular weight excluding hydrogens is 576 g/mol. The van der Waals surface area contributed by atoms with Gasteiger partial charge in [-0.15, -0.1) is 11.3 Å². The first-order valence-electron chi connectivity index (χ1n) is 13.3. The molecular formula is C28H28ClF2N5O4S. The third-order valence-corrected chi connectivity index (χ3v) is 8.32. The summed E-state index contributed by atoms with van der Waals surface area (Å²) in [7, 11) is 0. The van der Waals surface area contributed by atoms with Crippen molar-refractivity contribution >= 4 is 40.7 Å². The van der Waals surface area contributed by atoms with Gasteiger partial charge in [0, 0.05) is 29.0 Å². The van der Waals surface area contributed by atoms with E-state index in [1.165, 1.54) is 23.6 Å². The normalized spacial score (nSPS) is 20.8. The largest absolute Gasteiger partial charge is 0.463 e. The van der Waals surface area contributed by atoms with Crippen LogP contribution in [0.5, 0.6) is 0 Å². The Morgan fingerprint density at radius 1 is 1.12 bits per heavy atom. The maximum atomic E-state index is 14.6. The second kappa shape index (κ2) is 12.5. The van der Waals surface area contributed by atoms with E-state index >= 15 is 0 Å². The molecule has 1 N–H and O–H groups in total. The van der Waals surface area contributed by atoms with Gasteiger partial charge in [0.25, 0.3) is 0 Å². The van der Waals surface area contributed by atoms with Crippen molar-refractivity contribution in [2.45, 2.75) is 51.6 Å². The van der Waals surface area contributed by atoms with Crippen LogP contribution in [0.3, 0.4) is 0 Å². The zero-order chi connectivity index (χ0) is 29.1. The number of hydrogen-bond acceptors (Lipinski definition) is 9. The molecule has 9 nitrogen and oxygen atoms in total. The lowest BCUT2D eigenvalue weighted by Crippen LogP contribution is -2.38. The molecule has 1 atom stereocenters. The lowest BCUT2D eigenvalue weighted by Gasteiger charge is -2.35. The zero-order valence-electron chi connectivity index (χ0n) is 22.4. The quantitative estimate of drug-likeness (QED) is 0.257. The highest BCUT2D eigenvalue weighted by Gasteiger charge is 2.38. The minimum Gasteiger partial charge on any atom is -0.463 e. The summed E-state index contributed by atoms with van der Waals surface area (Å²) in [5.41, 5.74) is 1.34. The second-order valence-corrected chi connectivity index (χ2v) is 10.9. The molecule has 41 heavy (non-hydrogen) atoms. The summed E-state index contributed by atoms with van der Waals surface area (Å²) in [5.74, 6) is -3.04. The lowest BCUT2D eigenvalue weighted by atomic mass is 9.80. The number of allylic oxidation sites excluding steroid dienone is 1. The fraction of sp³-hybridized carbons (Fsp3) is 0.393. The van der Waals surface area contributed by atoms with Gasteiger partial charge in [-0.1, -0.05) is 17.7 Å². The predicted molar refractivity (Wildman–Crippen MR) is 149 cm³/mol. The summed E-state index contributed by atoms with van der Waals surface area (Å²) in [6.07, 6.45) is 7.61. The second-order valence-electron chi connectivity index (χ2n) is 9.59. The van der Waals surface area contributed by atoms with Crippen molar-refractivity contribution in [2.24, 2.45) is 10.9 Å². The van der Waals surface area contributed by atoms with E-state index in [-0.39, 0.29) is 36.3 Å². The molecule has 0 radical (unpaired) electrons. The number of thiazole rings is 1. The highest BCUT2D eigenvalue weighted by molar-refractivity contribution is 7.11. The van der Waals surface area contributed by atoms with Gasteiger partial charge >= 0.3 is 11.9 Å². The molecule has 1 aliphatic heterocycles. The van der Waals surface area contributed by atoms with Crippen LogP contribution in [-0.4, -0.2) is 45.8 Å². The molecule has 1 aromatic carbocycles. The van der Waals surface area contributed by atoms with E-state index < -0.39 is 34.6 Å². The lowest BCUT2D eigenvalue weighted by molar-refractivity contribution is -0.139. The maximum absolute atomic E-state index is 14.6. The molecule has 3 aromatic rings. The Bertz CT molecular complexity index is 1500. The minimum absolute atomic E-state index is 0.0493. The number of benzene rings is 1. The monoisotopic (exact) mass is 603 g/mol. The molecule has 0 spiro atoms. The predicted octanol–water partition coefficient (Wildman–Crippen LogP) is 5.79. The number of carbonyl (C=O) groups excluding carboxylic acids is 2. The van der Waals surface area contributed by atoms with Crippen molar-refractivity contribution in [3.05, 3.63) is 80.2 Å². The molecule has 2 aliphatic rings. The number of hydrogen-bond donors (Lipinski definition) is 1. The molecule has 3 heterocycles. The SMILES string of the molecule is CCOC(=O)C1=C(C2CCC(n3cc(C(=O)OCC)cn3)CC2)NC(c2nccs2)=NC1c1ccc(F)c(F)c1Cl. The molecule has 1 aliphatic carbocycles. The molecule has 13 heteroatoms. The molecule has 1 unspecified atom stereocenters. The molecule has 216 valence electrons. The maximum Gasteiger partial charge on any atom is 0.341 e. The van der Waals surface area contributed by atoms with Gasteiger partial charge in [-0.2, -0.15) is 5.10 Å². The number of nitrogens with one attached hydrogen (secondary N) is 1. The molecule has 0 amide bonds. The average molecular weight is 604 g/mol. The summed E-state index contributed by atoms with van der Waals surface area (Å²) < 4.78 is 40.8. The Morgan fingerprint density at radius 2 is 1.85 bits per heavy atom. The number of nitrogens with zero attached hydrogens (tertiary/aromatic N) is 4. The van der Waals surface area contributed by atoms with Crippen LogP contribution in [-0.2, 0) is 14.3 Å². The van der Waals surface area contributed by atoms with Crippen LogP contribution in [0.15, 0.2) is 52.4 Å². The van der Waals surface area contributed by atoms with Gasteiger partial charge in [0.15, 0.2) is 22.5 Å². The fourth-order valence-corrected chi connectivity index (χ4v) is 6.08. The summed E-state index contributed by atoms with van der Waals surface area (Å²) in [4.78, 5) is 34.6. The van der Waals surface area contributed by atoms with Crippen LogP contribution in [0.4, 0.5) is 8.78 Å². The first kappa shape index (κ1) is 28.9. The van der Waals surface area contributed by atoms with Crippen molar-refractivity contribution in [1.82, 2.24) is 20.1 Å². The number of halogens is 3. The summed E-state index contributed by atoms with van der Waals surface area (Å²) in [6.45, 7) is 3.84. The third kappa shape index (κ3) is 5.89. The van der Waals surface area contributed by atoms with Crippen LogP contribution in [0, 0.1) is 17.6 Å². The van der Waals surface area contributed by atoms with Crippen LogP contribution in [0.25, 0.3) is 0 Å². The van der Waals surface area contributed by atoms with Gasteiger partial charge in [0.05, 0.1) is 41.6 Å². The van der Waals surface area contributed by atoms with E-state index in [1.807, 2.05) is 0 Å². The highest BCUT2D eigenvalue weighted by Crippen LogP contribution is 2.43. The molecule has 2 aromatic heterocycles. The van der Waals surface area contributed by atoms with Crippen LogP contribution >= 0.6 is 22.9 Å². The molecule has 1 saturated carbocycles. The van der Waals surface area contributed by atoms with E-state index in [9.17, 15) is 18.4 Å². The van der Waals surface area contributed by atoms with Gasteiger partial charge in [0.2, 0.25) is 0 Å². The molecule has 0 saturated heterocycles. The molecule has 5 rings (SSSR count). The first-order chi connectivity index (χ1) is 19.8. The van der Waals surface area contributed by atoms with Gasteiger partial charge in [0.1, 0.15) is 6.04 Å². The van der Waals surface area contributed by atoms with Crippen molar-refractivity contribution < 1.29 is 27.8 Å². The van der Waals surface area contributed by atoms with E-state index in [4.69, 9.17) is 26.1 Å². The number of aromatic nitrogens is 3. The van der Waals surface area contributed by atoms with Crippen LogP contribution < -0.4 is 5.32 Å². The minimum atomic E-state index is -1.21. The molecule has 1 fully saturated rings. The van der Waals surface area contributed by atoms with Crippen molar-refractivity contribution in [3.8, 4) is 0 Å². The van der Waals surface area contributed by atoms with Crippen LogP contribution in [0.2, 0.25) is 5.02 Å². The number of rotatable bonds is 8. The van der Waals surface area contributed by atoms with Crippen molar-refractivity contribution in [2.75, 3.05) is 13.2 Å². The van der Waals surface area contributed by atoms with Gasteiger partial charge in [-0.25, -0.2) is 23.4 Å². The van der Waals surface area contributed by atoms with Crippen molar-refractivity contribution in [3.63, 3.8) is 0 Å².